The Morgan fingerprint density at radius 1 is 0.969 bits per heavy atom. The van der Waals surface area contributed by atoms with Gasteiger partial charge in [0.05, 0.1) is 29.4 Å². The van der Waals surface area contributed by atoms with Crippen LogP contribution in [-0.2, 0) is 6.54 Å². The molecule has 0 saturated heterocycles. The van der Waals surface area contributed by atoms with Crippen LogP contribution in [0.5, 0.6) is 0 Å². The molecule has 1 N–H and O–H groups in total. The van der Waals surface area contributed by atoms with Gasteiger partial charge in [-0.25, -0.2) is 8.78 Å². The van der Waals surface area contributed by atoms with E-state index in [1.165, 1.54) is 18.2 Å². The Labute approximate surface area is 185 Å². The van der Waals surface area contributed by atoms with Crippen LogP contribution in [0, 0.1) is 23.0 Å². The minimum Gasteiger partial charge on any atom is -0.388 e. The summed E-state index contributed by atoms with van der Waals surface area (Å²) in [5.74, 6) is -1.05. The number of rotatable bonds is 6. The van der Waals surface area contributed by atoms with E-state index in [9.17, 15) is 9.50 Å². The summed E-state index contributed by atoms with van der Waals surface area (Å²) >= 11 is 0. The molecule has 4 rings (SSSR count). The van der Waals surface area contributed by atoms with Gasteiger partial charge in [0.15, 0.2) is 0 Å². The number of nitriles is 1. The molecule has 0 unspecified atom stereocenters. The molecule has 0 fully saturated rings. The molecule has 0 radical (unpaired) electrons. The molecular formula is C26H23F2N3O. The van der Waals surface area contributed by atoms with E-state index >= 15 is 4.39 Å². The SMILES string of the molecule is CCC(O)(CC)Cn1ncc2cc(-c3ccccc3-c3ccc(C#N)c(F)c3)c(F)cc21. The van der Waals surface area contributed by atoms with E-state index in [4.69, 9.17) is 5.26 Å². The molecule has 32 heavy (non-hydrogen) atoms. The first-order valence-electron chi connectivity index (χ1n) is 10.6. The van der Waals surface area contributed by atoms with Crippen LogP contribution in [0.1, 0.15) is 32.3 Å². The maximum atomic E-state index is 15.3. The molecule has 0 spiro atoms. The van der Waals surface area contributed by atoms with Crippen molar-refractivity contribution in [2.45, 2.75) is 38.8 Å². The second-order valence-corrected chi connectivity index (χ2v) is 7.98. The Balaban J connectivity index is 1.81. The first kappa shape index (κ1) is 21.7. The highest BCUT2D eigenvalue weighted by atomic mass is 19.1. The van der Waals surface area contributed by atoms with E-state index in [1.807, 2.05) is 19.9 Å². The lowest BCUT2D eigenvalue weighted by molar-refractivity contribution is 0.0130. The van der Waals surface area contributed by atoms with Gasteiger partial charge < -0.3 is 5.11 Å². The number of hydrogen-bond donors (Lipinski definition) is 1. The van der Waals surface area contributed by atoms with Gasteiger partial charge in [-0.05, 0) is 47.7 Å². The van der Waals surface area contributed by atoms with E-state index in [-0.39, 0.29) is 12.1 Å². The topological polar surface area (TPSA) is 61.8 Å². The summed E-state index contributed by atoms with van der Waals surface area (Å²) in [5, 5.41) is 24.8. The number of nitrogens with zero attached hydrogens (tertiary/aromatic N) is 3. The van der Waals surface area contributed by atoms with Crippen LogP contribution < -0.4 is 0 Å². The fraction of sp³-hybridized carbons (Fsp3) is 0.231. The smallest absolute Gasteiger partial charge is 0.141 e. The minimum atomic E-state index is -0.902. The molecule has 0 amide bonds. The molecule has 6 heteroatoms. The van der Waals surface area contributed by atoms with Crippen molar-refractivity contribution in [2.75, 3.05) is 0 Å². The Kier molecular flexibility index (Phi) is 5.77. The normalized spacial score (nSPS) is 11.6. The molecule has 4 aromatic rings. The van der Waals surface area contributed by atoms with E-state index in [1.54, 1.807) is 47.3 Å². The zero-order chi connectivity index (χ0) is 22.9. The van der Waals surface area contributed by atoms with Crippen molar-refractivity contribution < 1.29 is 13.9 Å². The molecule has 3 aromatic carbocycles. The van der Waals surface area contributed by atoms with E-state index in [0.717, 1.165) is 5.39 Å². The van der Waals surface area contributed by atoms with Crippen molar-refractivity contribution in [1.29, 1.82) is 5.26 Å². The monoisotopic (exact) mass is 431 g/mol. The van der Waals surface area contributed by atoms with Gasteiger partial charge in [-0.3, -0.25) is 4.68 Å². The van der Waals surface area contributed by atoms with Crippen LogP contribution in [0.4, 0.5) is 8.78 Å². The molecule has 0 saturated carbocycles. The van der Waals surface area contributed by atoms with E-state index in [0.29, 0.717) is 40.6 Å². The predicted octanol–water partition coefficient (Wildman–Crippen LogP) is 6.07. The third-order valence-corrected chi connectivity index (χ3v) is 6.11. The lowest BCUT2D eigenvalue weighted by Crippen LogP contribution is -2.32. The molecule has 1 aromatic heterocycles. The maximum absolute atomic E-state index is 15.3. The predicted molar refractivity (Wildman–Crippen MR) is 121 cm³/mol. The Bertz CT molecular complexity index is 1330. The number of halogens is 2. The largest absolute Gasteiger partial charge is 0.388 e. The van der Waals surface area contributed by atoms with Crippen LogP contribution in [0.2, 0.25) is 0 Å². The first-order chi connectivity index (χ1) is 15.4. The molecule has 0 aliphatic carbocycles. The van der Waals surface area contributed by atoms with Crippen molar-refractivity contribution in [2.24, 2.45) is 0 Å². The number of aromatic nitrogens is 2. The molecule has 0 atom stereocenters. The lowest BCUT2D eigenvalue weighted by atomic mass is 9.93. The Morgan fingerprint density at radius 3 is 2.34 bits per heavy atom. The fourth-order valence-electron chi connectivity index (χ4n) is 3.93. The zero-order valence-corrected chi connectivity index (χ0v) is 17.9. The standard InChI is InChI=1S/C26H23F2N3O/c1-3-26(32,4-2)16-31-25-13-24(28)22(11-19(25)15-30-31)21-8-6-5-7-20(21)17-9-10-18(14-29)23(27)12-17/h5-13,15,32H,3-4,16H2,1-2H3. The van der Waals surface area contributed by atoms with Gasteiger partial charge in [0, 0.05) is 17.0 Å². The van der Waals surface area contributed by atoms with Crippen molar-refractivity contribution in [3.05, 3.63) is 78.0 Å². The molecule has 162 valence electrons. The van der Waals surface area contributed by atoms with Gasteiger partial charge >= 0.3 is 0 Å². The van der Waals surface area contributed by atoms with Crippen LogP contribution in [0.25, 0.3) is 33.2 Å². The summed E-state index contributed by atoms with van der Waals surface area (Å²) in [6.07, 6.45) is 2.80. The molecule has 4 nitrogen and oxygen atoms in total. The second kappa shape index (κ2) is 8.52. The molecule has 1 heterocycles. The zero-order valence-electron chi connectivity index (χ0n) is 17.9. The highest BCUT2D eigenvalue weighted by molar-refractivity contribution is 5.90. The number of hydrogen-bond acceptors (Lipinski definition) is 3. The summed E-state index contributed by atoms with van der Waals surface area (Å²) in [5.41, 5.74) is 1.87. The van der Waals surface area contributed by atoms with E-state index < -0.39 is 17.2 Å². The first-order valence-corrected chi connectivity index (χ1v) is 10.6. The summed E-state index contributed by atoms with van der Waals surface area (Å²) in [6, 6.07) is 16.5. The van der Waals surface area contributed by atoms with Crippen molar-refractivity contribution in [1.82, 2.24) is 9.78 Å². The third kappa shape index (κ3) is 3.88. The number of aliphatic hydroxyl groups is 1. The Morgan fingerprint density at radius 2 is 1.69 bits per heavy atom. The molecule has 0 aliphatic rings. The quantitative estimate of drug-likeness (QED) is 0.403. The highest BCUT2D eigenvalue weighted by Gasteiger charge is 2.24. The second-order valence-electron chi connectivity index (χ2n) is 7.98. The van der Waals surface area contributed by atoms with Crippen LogP contribution in [0.3, 0.4) is 0 Å². The average molecular weight is 431 g/mol. The van der Waals surface area contributed by atoms with Crippen molar-refractivity contribution in [3.8, 4) is 28.3 Å². The fourth-order valence-corrected chi connectivity index (χ4v) is 3.93. The Hall–Kier alpha value is -3.56. The van der Waals surface area contributed by atoms with Gasteiger partial charge in [0.25, 0.3) is 0 Å². The lowest BCUT2D eigenvalue weighted by Gasteiger charge is -2.25. The maximum Gasteiger partial charge on any atom is 0.141 e. The van der Waals surface area contributed by atoms with Gasteiger partial charge in [-0.1, -0.05) is 44.2 Å². The summed E-state index contributed by atoms with van der Waals surface area (Å²) < 4.78 is 31.2. The van der Waals surface area contributed by atoms with Gasteiger partial charge in [0.1, 0.15) is 17.7 Å². The number of fused-ring (bicyclic) bond motifs is 1. The van der Waals surface area contributed by atoms with Crippen LogP contribution >= 0.6 is 0 Å². The van der Waals surface area contributed by atoms with Crippen LogP contribution in [0.15, 0.2) is 60.8 Å². The van der Waals surface area contributed by atoms with Crippen molar-refractivity contribution in [3.63, 3.8) is 0 Å². The third-order valence-electron chi connectivity index (χ3n) is 6.11. The van der Waals surface area contributed by atoms with Crippen molar-refractivity contribution >= 4 is 10.9 Å². The summed E-state index contributed by atoms with van der Waals surface area (Å²) in [7, 11) is 0. The molecule has 0 bridgehead atoms. The average Bonchev–Trinajstić information content (AvgIpc) is 3.19. The summed E-state index contributed by atoms with van der Waals surface area (Å²) in [6.45, 7) is 4.11. The number of benzene rings is 3. The van der Waals surface area contributed by atoms with Gasteiger partial charge in [0.2, 0.25) is 0 Å². The highest BCUT2D eigenvalue weighted by Crippen LogP contribution is 2.36. The van der Waals surface area contributed by atoms with E-state index in [2.05, 4.69) is 5.10 Å². The van der Waals surface area contributed by atoms with Gasteiger partial charge in [-0.15, -0.1) is 0 Å². The molecule has 0 aliphatic heterocycles. The van der Waals surface area contributed by atoms with Gasteiger partial charge in [-0.2, -0.15) is 10.4 Å². The molecular weight excluding hydrogens is 408 g/mol. The minimum absolute atomic E-state index is 0.0367. The summed E-state index contributed by atoms with van der Waals surface area (Å²) in [4.78, 5) is 0. The van der Waals surface area contributed by atoms with Crippen LogP contribution in [-0.4, -0.2) is 20.5 Å².